The highest BCUT2D eigenvalue weighted by molar-refractivity contribution is 5.95. The van der Waals surface area contributed by atoms with E-state index in [1.165, 1.54) is 17.0 Å². The van der Waals surface area contributed by atoms with Crippen LogP contribution in [0.15, 0.2) is 24.3 Å². The Labute approximate surface area is 203 Å². The van der Waals surface area contributed by atoms with E-state index in [2.05, 4.69) is 15.4 Å². The monoisotopic (exact) mass is 492 g/mol. The highest BCUT2D eigenvalue weighted by Gasteiger charge is 2.45. The van der Waals surface area contributed by atoms with E-state index in [9.17, 15) is 29.1 Å². The van der Waals surface area contributed by atoms with E-state index in [-0.39, 0.29) is 11.3 Å². The Morgan fingerprint density at radius 1 is 1.17 bits per heavy atom. The molecule has 2 atom stereocenters. The molecule has 0 aliphatic heterocycles. The zero-order valence-corrected chi connectivity index (χ0v) is 20.2. The van der Waals surface area contributed by atoms with Gasteiger partial charge in [0.05, 0.1) is 13.5 Å². The Balaban J connectivity index is 2.44. The molecule has 4 amide bonds. The van der Waals surface area contributed by atoms with Gasteiger partial charge >= 0.3 is 12.1 Å². The number of carbonyl (C=O) groups excluding carboxylic acids is 5. The number of alkyl carbamates (subject to hydrolysis) is 1. The van der Waals surface area contributed by atoms with Crippen molar-refractivity contribution in [3.8, 4) is 5.75 Å². The van der Waals surface area contributed by atoms with Crippen LogP contribution in [0.2, 0.25) is 0 Å². The van der Waals surface area contributed by atoms with Crippen LogP contribution in [0.3, 0.4) is 0 Å². The molecule has 1 saturated carbocycles. The van der Waals surface area contributed by atoms with Gasteiger partial charge in [-0.1, -0.05) is 18.2 Å². The van der Waals surface area contributed by atoms with E-state index in [4.69, 9.17) is 10.5 Å². The number of primary amides is 1. The summed E-state index contributed by atoms with van der Waals surface area (Å²) in [5.74, 6) is -3.34. The number of nitrogens with one attached hydrogen (secondary N) is 2. The van der Waals surface area contributed by atoms with E-state index >= 15 is 0 Å². The third kappa shape index (κ3) is 8.16. The molecule has 2 unspecified atom stereocenters. The number of nitrogens with two attached hydrogens (primary N) is 1. The molecule has 12 heteroatoms. The van der Waals surface area contributed by atoms with Crippen molar-refractivity contribution in [2.75, 3.05) is 13.7 Å². The fraction of sp³-hybridized carbons (Fsp3) is 0.522. The quantitative estimate of drug-likeness (QED) is 0.341. The molecule has 1 aromatic rings. The highest BCUT2D eigenvalue weighted by atomic mass is 16.6. The summed E-state index contributed by atoms with van der Waals surface area (Å²) in [4.78, 5) is 63.8. The molecule has 12 nitrogen and oxygen atoms in total. The second-order valence-electron chi connectivity index (χ2n) is 9.10. The fourth-order valence-electron chi connectivity index (χ4n) is 3.37. The molecule has 35 heavy (non-hydrogen) atoms. The SMILES string of the molecule is COC(=O)CNC(=O)C(c1ccccc1O)N(C(=O)C(CC(N)=O)NC(=O)OC(C)(C)C)C1CC1. The number of carbonyl (C=O) groups is 5. The predicted octanol–water partition coefficient (Wildman–Crippen LogP) is 0.482. The first-order valence-electron chi connectivity index (χ1n) is 11.1. The second-order valence-corrected chi connectivity index (χ2v) is 9.10. The van der Waals surface area contributed by atoms with Crippen LogP contribution in [0, 0.1) is 0 Å². The van der Waals surface area contributed by atoms with E-state index in [1.54, 1.807) is 32.9 Å². The third-order valence-corrected chi connectivity index (χ3v) is 4.98. The molecule has 0 spiro atoms. The van der Waals surface area contributed by atoms with Crippen LogP contribution in [0.25, 0.3) is 0 Å². The molecule has 192 valence electrons. The lowest BCUT2D eigenvalue weighted by atomic mass is 10.0. The van der Waals surface area contributed by atoms with Gasteiger partial charge in [-0.2, -0.15) is 0 Å². The molecule has 0 saturated heterocycles. The lowest BCUT2D eigenvalue weighted by Crippen LogP contribution is -2.55. The molecule has 0 radical (unpaired) electrons. The molecular formula is C23H32N4O8. The average molecular weight is 493 g/mol. The number of phenolic OH excluding ortho intramolecular Hbond substituents is 1. The first-order valence-corrected chi connectivity index (χ1v) is 11.1. The van der Waals surface area contributed by atoms with Crippen molar-refractivity contribution in [3.63, 3.8) is 0 Å². The van der Waals surface area contributed by atoms with E-state index in [0.29, 0.717) is 12.8 Å². The molecule has 0 heterocycles. The second kappa shape index (κ2) is 11.5. The fourth-order valence-corrected chi connectivity index (χ4v) is 3.37. The van der Waals surface area contributed by atoms with E-state index in [0.717, 1.165) is 7.11 Å². The number of para-hydroxylation sites is 1. The van der Waals surface area contributed by atoms with Crippen LogP contribution >= 0.6 is 0 Å². The number of nitrogens with zero attached hydrogens (tertiary/aromatic N) is 1. The number of aromatic hydroxyl groups is 1. The van der Waals surface area contributed by atoms with Crippen LogP contribution < -0.4 is 16.4 Å². The van der Waals surface area contributed by atoms with Gasteiger partial charge in [-0.15, -0.1) is 0 Å². The van der Waals surface area contributed by atoms with Gasteiger partial charge in [-0.05, 0) is 39.7 Å². The van der Waals surface area contributed by atoms with Crippen molar-refractivity contribution in [2.45, 2.75) is 63.8 Å². The summed E-state index contributed by atoms with van der Waals surface area (Å²) in [7, 11) is 1.16. The van der Waals surface area contributed by atoms with Gasteiger partial charge in [0.25, 0.3) is 0 Å². The first kappa shape index (κ1) is 27.4. The number of phenols is 1. The summed E-state index contributed by atoms with van der Waals surface area (Å²) in [6.07, 6.45) is -0.383. The van der Waals surface area contributed by atoms with Crippen molar-refractivity contribution in [2.24, 2.45) is 5.73 Å². The minimum atomic E-state index is -1.43. The number of amides is 4. The average Bonchev–Trinajstić information content (AvgIpc) is 3.58. The van der Waals surface area contributed by atoms with Crippen molar-refractivity contribution in [1.29, 1.82) is 0 Å². The molecule has 1 aromatic carbocycles. The summed E-state index contributed by atoms with van der Waals surface area (Å²) >= 11 is 0. The van der Waals surface area contributed by atoms with Gasteiger partial charge in [0.2, 0.25) is 17.7 Å². The molecule has 1 aliphatic carbocycles. The van der Waals surface area contributed by atoms with Gasteiger partial charge in [0, 0.05) is 11.6 Å². The molecular weight excluding hydrogens is 460 g/mol. The number of ether oxygens (including phenoxy) is 2. The Bertz CT molecular complexity index is 971. The maximum absolute atomic E-state index is 13.7. The van der Waals surface area contributed by atoms with Crippen molar-refractivity contribution in [1.82, 2.24) is 15.5 Å². The normalized spacial score (nSPS) is 14.7. The van der Waals surface area contributed by atoms with Gasteiger partial charge in [-0.3, -0.25) is 19.2 Å². The van der Waals surface area contributed by atoms with Gasteiger partial charge in [-0.25, -0.2) is 4.79 Å². The Morgan fingerprint density at radius 2 is 1.80 bits per heavy atom. The number of methoxy groups -OCH3 is 1. The number of esters is 1. The van der Waals surface area contributed by atoms with E-state index in [1.807, 2.05) is 0 Å². The summed E-state index contributed by atoms with van der Waals surface area (Å²) < 4.78 is 9.75. The van der Waals surface area contributed by atoms with Crippen LogP contribution in [0.4, 0.5) is 4.79 Å². The topological polar surface area (TPSA) is 177 Å². The lowest BCUT2D eigenvalue weighted by Gasteiger charge is -2.34. The number of rotatable bonds is 10. The van der Waals surface area contributed by atoms with Crippen LogP contribution in [-0.4, -0.2) is 71.1 Å². The van der Waals surface area contributed by atoms with Gasteiger partial charge in [0.15, 0.2) is 0 Å². The molecule has 0 aromatic heterocycles. The molecule has 1 aliphatic rings. The van der Waals surface area contributed by atoms with Crippen molar-refractivity contribution < 1.29 is 38.6 Å². The van der Waals surface area contributed by atoms with Crippen LogP contribution in [0.5, 0.6) is 5.75 Å². The zero-order valence-electron chi connectivity index (χ0n) is 20.2. The van der Waals surface area contributed by atoms with Crippen LogP contribution in [-0.2, 0) is 28.7 Å². The molecule has 2 rings (SSSR count). The molecule has 1 fully saturated rings. The minimum absolute atomic E-state index is 0.102. The Hall–Kier alpha value is -3.83. The zero-order chi connectivity index (χ0) is 26.3. The lowest BCUT2D eigenvalue weighted by molar-refractivity contribution is -0.145. The Kier molecular flexibility index (Phi) is 9.04. The first-order chi connectivity index (χ1) is 16.3. The Morgan fingerprint density at radius 3 is 2.31 bits per heavy atom. The third-order valence-electron chi connectivity index (χ3n) is 4.98. The van der Waals surface area contributed by atoms with Gasteiger partial charge in [0.1, 0.15) is 30.0 Å². The maximum atomic E-state index is 13.7. The largest absolute Gasteiger partial charge is 0.508 e. The number of hydrogen-bond acceptors (Lipinski definition) is 8. The van der Waals surface area contributed by atoms with Crippen LogP contribution in [0.1, 0.15) is 51.6 Å². The smallest absolute Gasteiger partial charge is 0.408 e. The van der Waals surface area contributed by atoms with Crippen molar-refractivity contribution in [3.05, 3.63) is 29.8 Å². The van der Waals surface area contributed by atoms with E-state index < -0.39 is 66.5 Å². The highest BCUT2D eigenvalue weighted by Crippen LogP contribution is 2.38. The van der Waals surface area contributed by atoms with Gasteiger partial charge < -0.3 is 35.8 Å². The summed E-state index contributed by atoms with van der Waals surface area (Å²) in [5.41, 5.74) is 4.55. The summed E-state index contributed by atoms with van der Waals surface area (Å²) in [6.45, 7) is 4.43. The van der Waals surface area contributed by atoms with Crippen molar-refractivity contribution >= 4 is 29.8 Å². The maximum Gasteiger partial charge on any atom is 0.408 e. The predicted molar refractivity (Wildman–Crippen MR) is 123 cm³/mol. The molecule has 5 N–H and O–H groups in total. The number of benzene rings is 1. The molecule has 0 bridgehead atoms. The number of hydrogen-bond donors (Lipinski definition) is 4. The summed E-state index contributed by atoms with van der Waals surface area (Å²) in [5, 5.41) is 15.2. The standard InChI is InChI=1S/C23H32N4O8/c1-23(2,3)35-22(33)26-15(11-17(24)29)21(32)27(13-9-10-13)19(14-7-5-6-8-16(14)28)20(31)25-12-18(30)34-4/h5-8,13,15,19,28H,9-12H2,1-4H3,(H2,24,29)(H,25,31)(H,26,33). The summed E-state index contributed by atoms with van der Waals surface area (Å²) in [6, 6.07) is 2.74. The minimum Gasteiger partial charge on any atom is -0.508 e.